The summed E-state index contributed by atoms with van der Waals surface area (Å²) in [7, 11) is -4.09. The van der Waals surface area contributed by atoms with E-state index in [0.29, 0.717) is 18.4 Å². The van der Waals surface area contributed by atoms with Crippen molar-refractivity contribution >= 4 is 27.0 Å². The lowest BCUT2D eigenvalue weighted by Gasteiger charge is -2.58. The summed E-state index contributed by atoms with van der Waals surface area (Å²) in [5.41, 5.74) is 3.03. The number of benzene rings is 4. The van der Waals surface area contributed by atoms with E-state index in [9.17, 15) is 18.3 Å². The van der Waals surface area contributed by atoms with Gasteiger partial charge in [0.1, 0.15) is 5.54 Å². The van der Waals surface area contributed by atoms with Crippen molar-refractivity contribution in [2.75, 3.05) is 26.2 Å². The van der Waals surface area contributed by atoms with E-state index in [1.165, 1.54) is 36.1 Å². The molecule has 0 aliphatic carbocycles. The molecule has 4 aliphatic heterocycles. The van der Waals surface area contributed by atoms with E-state index in [4.69, 9.17) is 4.55 Å². The zero-order valence-electron chi connectivity index (χ0n) is 22.8. The molecule has 2 atom stereocenters. The summed E-state index contributed by atoms with van der Waals surface area (Å²) in [5.74, 6) is 0.864. The molecule has 0 aromatic heterocycles. The molecule has 0 spiro atoms. The van der Waals surface area contributed by atoms with Gasteiger partial charge in [-0.3, -0.25) is 9.45 Å². The molecule has 4 aliphatic rings. The lowest BCUT2D eigenvalue weighted by atomic mass is 9.60. The van der Waals surface area contributed by atoms with E-state index >= 15 is 0 Å². The maximum Gasteiger partial charge on any atom is 0.408 e. The molecule has 4 aromatic rings. The average molecular weight is 571 g/mol. The van der Waals surface area contributed by atoms with Gasteiger partial charge in [0.25, 0.3) is 10.1 Å². The molecule has 3 fully saturated rings. The van der Waals surface area contributed by atoms with Crippen LogP contribution in [0.25, 0.3) is 10.8 Å². The van der Waals surface area contributed by atoms with Crippen molar-refractivity contribution in [3.05, 3.63) is 114 Å². The summed E-state index contributed by atoms with van der Waals surface area (Å²) < 4.78 is 30.5. The molecule has 2 bridgehead atoms. The molecular formula is C33H34N2O5S. The van der Waals surface area contributed by atoms with E-state index in [1.54, 1.807) is 17.0 Å². The highest BCUT2D eigenvalue weighted by molar-refractivity contribution is 7.85. The lowest BCUT2D eigenvalue weighted by Crippen LogP contribution is -2.64. The summed E-state index contributed by atoms with van der Waals surface area (Å²) in [5, 5.41) is 12.0. The van der Waals surface area contributed by atoms with Crippen molar-refractivity contribution in [2.45, 2.75) is 29.7 Å². The molecule has 0 unspecified atom stereocenters. The number of fused-ring (bicyclic) bond motifs is 5. The minimum Gasteiger partial charge on any atom is -0.465 e. The van der Waals surface area contributed by atoms with Crippen LogP contribution < -0.4 is 0 Å². The molecule has 212 valence electrons. The predicted molar refractivity (Wildman–Crippen MR) is 159 cm³/mol. The summed E-state index contributed by atoms with van der Waals surface area (Å²) >= 11 is 0. The Morgan fingerprint density at radius 2 is 1.46 bits per heavy atom. The molecule has 41 heavy (non-hydrogen) atoms. The van der Waals surface area contributed by atoms with Gasteiger partial charge in [-0.1, -0.05) is 84.9 Å². The Bertz CT molecular complexity index is 1670. The molecule has 4 aromatic carbocycles. The fourth-order valence-electron chi connectivity index (χ4n) is 7.29. The number of hydrogen-bond acceptors (Lipinski definition) is 4. The zero-order valence-corrected chi connectivity index (χ0v) is 23.6. The lowest BCUT2D eigenvalue weighted by molar-refractivity contribution is -0.0422. The first-order chi connectivity index (χ1) is 19.8. The molecule has 0 saturated carbocycles. The highest BCUT2D eigenvalue weighted by atomic mass is 32.2. The quantitative estimate of drug-likeness (QED) is 0.298. The monoisotopic (exact) mass is 570 g/mol. The van der Waals surface area contributed by atoms with Gasteiger partial charge >= 0.3 is 6.09 Å². The number of rotatable bonds is 3. The van der Waals surface area contributed by atoms with Crippen LogP contribution in [0.4, 0.5) is 4.79 Å². The van der Waals surface area contributed by atoms with Crippen LogP contribution >= 0.6 is 0 Å². The molecule has 4 heterocycles. The van der Waals surface area contributed by atoms with Gasteiger partial charge in [0, 0.05) is 19.0 Å². The van der Waals surface area contributed by atoms with E-state index in [-0.39, 0.29) is 4.90 Å². The predicted octanol–water partition coefficient (Wildman–Crippen LogP) is 5.89. The third kappa shape index (κ3) is 5.01. The van der Waals surface area contributed by atoms with Crippen molar-refractivity contribution in [1.29, 1.82) is 0 Å². The topological polar surface area (TPSA) is 98.2 Å². The van der Waals surface area contributed by atoms with Crippen LogP contribution in [0.1, 0.15) is 29.5 Å². The Labute approximate surface area is 240 Å². The van der Waals surface area contributed by atoms with Crippen molar-refractivity contribution in [1.82, 2.24) is 9.80 Å². The van der Waals surface area contributed by atoms with Crippen LogP contribution in [-0.2, 0) is 22.1 Å². The molecule has 8 heteroatoms. The van der Waals surface area contributed by atoms with Gasteiger partial charge in [0.15, 0.2) is 0 Å². The number of amides is 1. The molecule has 7 nitrogen and oxygen atoms in total. The SMILES string of the molecule is O=C(O)N1CCc2ccccc2[C@]1(c1ccccc1)[C@H]1CN2CCC1CC2.O=S(=O)(O)c1ccc2ccccc2c1. The fourth-order valence-corrected chi connectivity index (χ4v) is 7.81. The summed E-state index contributed by atoms with van der Waals surface area (Å²) in [6, 6.07) is 30.8. The summed E-state index contributed by atoms with van der Waals surface area (Å²) in [4.78, 5) is 16.7. The Balaban J connectivity index is 0.000000182. The van der Waals surface area contributed by atoms with Crippen molar-refractivity contribution in [2.24, 2.45) is 11.8 Å². The first-order valence-corrected chi connectivity index (χ1v) is 15.6. The first-order valence-electron chi connectivity index (χ1n) is 14.1. The first kappa shape index (κ1) is 27.4. The standard InChI is InChI=1S/C23H26N2O2.C10H8O3S/c26-22(27)25-15-12-17-6-4-5-9-20(17)23(25,19-7-2-1-3-8-19)21-16-24-13-10-18(21)11-14-24;11-14(12,13)10-6-5-8-3-1-2-4-9(8)7-10/h1-9,18,21H,10-16H2,(H,26,27);1-7H,(H,11,12,13)/t21-,23+;/m0./s1. The van der Waals surface area contributed by atoms with E-state index in [0.717, 1.165) is 42.4 Å². The zero-order chi connectivity index (χ0) is 28.6. The molecule has 1 amide bonds. The number of nitrogens with zero attached hydrogens (tertiary/aromatic N) is 2. The molecular weight excluding hydrogens is 536 g/mol. The van der Waals surface area contributed by atoms with Crippen LogP contribution in [0.2, 0.25) is 0 Å². The Morgan fingerprint density at radius 3 is 2.12 bits per heavy atom. The molecule has 0 radical (unpaired) electrons. The van der Waals surface area contributed by atoms with Gasteiger partial charge in [-0.15, -0.1) is 0 Å². The van der Waals surface area contributed by atoms with Crippen molar-refractivity contribution < 1.29 is 22.9 Å². The molecule has 2 N–H and O–H groups in total. The maximum atomic E-state index is 12.5. The van der Waals surface area contributed by atoms with Gasteiger partial charge in [-0.25, -0.2) is 4.79 Å². The summed E-state index contributed by atoms with van der Waals surface area (Å²) in [6.45, 7) is 3.85. The molecule has 8 rings (SSSR count). The highest BCUT2D eigenvalue weighted by Gasteiger charge is 2.56. The van der Waals surface area contributed by atoms with Crippen LogP contribution in [-0.4, -0.2) is 60.1 Å². The second-order valence-electron chi connectivity index (χ2n) is 11.2. The largest absolute Gasteiger partial charge is 0.465 e. The van der Waals surface area contributed by atoms with Crippen molar-refractivity contribution in [3.63, 3.8) is 0 Å². The Kier molecular flexibility index (Phi) is 7.32. The normalized spacial score (nSPS) is 25.2. The fraction of sp³-hybridized carbons (Fsp3) is 0.303. The summed E-state index contributed by atoms with van der Waals surface area (Å²) in [6.07, 6.45) is 2.34. The third-order valence-electron chi connectivity index (χ3n) is 9.11. The van der Waals surface area contributed by atoms with Crippen LogP contribution in [0, 0.1) is 11.8 Å². The second kappa shape index (κ2) is 10.9. The number of hydrogen-bond donors (Lipinski definition) is 2. The van der Waals surface area contributed by atoms with Crippen LogP contribution in [0.5, 0.6) is 0 Å². The minimum atomic E-state index is -4.09. The van der Waals surface area contributed by atoms with Gasteiger partial charge < -0.3 is 10.0 Å². The van der Waals surface area contributed by atoms with E-state index in [2.05, 4.69) is 53.4 Å². The highest BCUT2D eigenvalue weighted by Crippen LogP contribution is 2.53. The Hall–Kier alpha value is -3.72. The number of carbonyl (C=O) groups is 1. The second-order valence-corrected chi connectivity index (χ2v) is 12.6. The van der Waals surface area contributed by atoms with E-state index in [1.807, 2.05) is 24.3 Å². The van der Waals surface area contributed by atoms with Gasteiger partial charge in [-0.05, 0) is 77.9 Å². The smallest absolute Gasteiger partial charge is 0.408 e. The molecule has 3 saturated heterocycles. The van der Waals surface area contributed by atoms with Crippen LogP contribution in [0.15, 0.2) is 102 Å². The number of piperidine rings is 3. The van der Waals surface area contributed by atoms with Gasteiger partial charge in [0.05, 0.1) is 4.90 Å². The number of carboxylic acid groups (broad SMARTS) is 1. The van der Waals surface area contributed by atoms with Gasteiger partial charge in [-0.2, -0.15) is 8.42 Å². The third-order valence-corrected chi connectivity index (χ3v) is 9.96. The van der Waals surface area contributed by atoms with E-state index < -0.39 is 21.8 Å². The van der Waals surface area contributed by atoms with Crippen LogP contribution in [0.3, 0.4) is 0 Å². The minimum absolute atomic E-state index is 0.0730. The Morgan fingerprint density at radius 1 is 0.805 bits per heavy atom. The van der Waals surface area contributed by atoms with Crippen molar-refractivity contribution in [3.8, 4) is 0 Å². The maximum absolute atomic E-state index is 12.5. The average Bonchev–Trinajstić information content (AvgIpc) is 3.01. The van der Waals surface area contributed by atoms with Gasteiger partial charge in [0.2, 0.25) is 0 Å².